The molecule has 2 aromatic rings. The lowest BCUT2D eigenvalue weighted by atomic mass is 10.2. The summed E-state index contributed by atoms with van der Waals surface area (Å²) in [6.07, 6.45) is 1.29. The maximum atomic E-state index is 12.5. The van der Waals surface area contributed by atoms with Crippen LogP contribution in [0.4, 0.5) is 11.4 Å². The van der Waals surface area contributed by atoms with Crippen LogP contribution in [-0.4, -0.2) is 15.5 Å². The van der Waals surface area contributed by atoms with E-state index >= 15 is 0 Å². The molecule has 0 amide bonds. The lowest BCUT2D eigenvalue weighted by Crippen LogP contribution is -2.21. The number of sulfone groups is 1. The van der Waals surface area contributed by atoms with Gasteiger partial charge in [0.15, 0.2) is 4.91 Å². The molecule has 0 atom stereocenters. The number of ether oxygens (including phenoxy) is 1. The number of fused-ring (bicyclic) bond motifs is 1. The first-order valence-electron chi connectivity index (χ1n) is 6.57. The maximum absolute atomic E-state index is 12.5. The van der Waals surface area contributed by atoms with Crippen LogP contribution in [0, 0.1) is 11.3 Å². The minimum absolute atomic E-state index is 0.0452. The van der Waals surface area contributed by atoms with Gasteiger partial charge in [-0.25, -0.2) is 8.42 Å². The van der Waals surface area contributed by atoms with E-state index < -0.39 is 9.84 Å². The molecule has 0 spiro atoms. The molecule has 0 aliphatic carbocycles. The van der Waals surface area contributed by atoms with Gasteiger partial charge in [0.25, 0.3) is 0 Å². The molecule has 116 valence electrons. The Labute approximate surface area is 138 Å². The Hall–Kier alpha value is -2.49. The Bertz CT molecular complexity index is 962. The van der Waals surface area contributed by atoms with Gasteiger partial charge in [-0.15, -0.1) is 0 Å². The number of rotatable bonds is 2. The number of hydrogen-bond acceptors (Lipinski definition) is 5. The highest BCUT2D eigenvalue weighted by Gasteiger charge is 2.32. The zero-order valence-electron chi connectivity index (χ0n) is 12.0. The van der Waals surface area contributed by atoms with Crippen molar-refractivity contribution in [3.8, 4) is 11.8 Å². The standard InChI is InChI=1S/C16H11ClN2O3S/c1-22-13-4-2-3-12(8-13)19-10-14(9-18)23(20,21)16-6-5-11(17)7-15(16)19/h2-8,10H,1H3. The third-order valence-electron chi connectivity index (χ3n) is 3.45. The number of hydrogen-bond donors (Lipinski definition) is 0. The van der Waals surface area contributed by atoms with Gasteiger partial charge in [0.05, 0.1) is 17.7 Å². The molecule has 0 saturated carbocycles. The van der Waals surface area contributed by atoms with Crippen molar-refractivity contribution in [2.45, 2.75) is 4.90 Å². The van der Waals surface area contributed by atoms with Crippen molar-refractivity contribution in [3.05, 3.63) is 58.6 Å². The fourth-order valence-electron chi connectivity index (χ4n) is 2.34. The van der Waals surface area contributed by atoms with E-state index in [-0.39, 0.29) is 9.80 Å². The van der Waals surface area contributed by atoms with Gasteiger partial charge in [0, 0.05) is 23.0 Å². The molecular formula is C16H11ClN2O3S. The first-order chi connectivity index (χ1) is 11.0. The van der Waals surface area contributed by atoms with E-state index in [9.17, 15) is 13.7 Å². The summed E-state index contributed by atoms with van der Waals surface area (Å²) in [6, 6.07) is 13.3. The smallest absolute Gasteiger partial charge is 0.220 e. The molecule has 1 aliphatic heterocycles. The quantitative estimate of drug-likeness (QED) is 0.830. The van der Waals surface area contributed by atoms with Crippen molar-refractivity contribution in [1.82, 2.24) is 0 Å². The highest BCUT2D eigenvalue weighted by Crippen LogP contribution is 2.41. The lowest BCUT2D eigenvalue weighted by Gasteiger charge is -2.27. The third-order valence-corrected chi connectivity index (χ3v) is 5.38. The molecule has 0 N–H and O–H groups in total. The summed E-state index contributed by atoms with van der Waals surface area (Å²) in [6.45, 7) is 0. The third kappa shape index (κ3) is 2.54. The minimum atomic E-state index is -3.84. The molecule has 0 unspecified atom stereocenters. The van der Waals surface area contributed by atoms with Crippen molar-refractivity contribution in [1.29, 1.82) is 5.26 Å². The van der Waals surface area contributed by atoms with Crippen molar-refractivity contribution < 1.29 is 13.2 Å². The largest absolute Gasteiger partial charge is 0.497 e. The predicted octanol–water partition coefficient (Wildman–Crippen LogP) is 3.64. The Morgan fingerprint density at radius 3 is 2.70 bits per heavy atom. The van der Waals surface area contributed by atoms with Crippen LogP contribution in [0.15, 0.2) is 58.5 Å². The van der Waals surface area contributed by atoms with Gasteiger partial charge in [-0.1, -0.05) is 17.7 Å². The van der Waals surface area contributed by atoms with E-state index in [0.29, 0.717) is 22.1 Å². The first kappa shape index (κ1) is 15.4. The second kappa shape index (κ2) is 5.61. The lowest BCUT2D eigenvalue weighted by molar-refractivity contribution is 0.415. The number of nitrogens with zero attached hydrogens (tertiary/aromatic N) is 2. The summed E-state index contributed by atoms with van der Waals surface area (Å²) in [7, 11) is -2.30. The topological polar surface area (TPSA) is 70.4 Å². The zero-order chi connectivity index (χ0) is 16.6. The molecule has 3 rings (SSSR count). The van der Waals surface area contributed by atoms with E-state index in [1.54, 1.807) is 48.4 Å². The summed E-state index contributed by atoms with van der Waals surface area (Å²) in [5.74, 6) is 0.617. The van der Waals surface area contributed by atoms with Gasteiger partial charge in [0.1, 0.15) is 11.8 Å². The Morgan fingerprint density at radius 2 is 2.00 bits per heavy atom. The van der Waals surface area contributed by atoms with Crippen LogP contribution in [0.1, 0.15) is 0 Å². The van der Waals surface area contributed by atoms with E-state index in [1.807, 2.05) is 0 Å². The number of nitriles is 1. The van der Waals surface area contributed by atoms with Crippen molar-refractivity contribution in [2.75, 3.05) is 12.0 Å². The maximum Gasteiger partial charge on any atom is 0.220 e. The van der Waals surface area contributed by atoms with Gasteiger partial charge in [-0.3, -0.25) is 0 Å². The van der Waals surface area contributed by atoms with Crippen LogP contribution < -0.4 is 9.64 Å². The van der Waals surface area contributed by atoms with E-state index in [2.05, 4.69) is 0 Å². The molecule has 0 saturated heterocycles. The summed E-state index contributed by atoms with van der Waals surface area (Å²) < 4.78 is 30.1. The average Bonchev–Trinajstić information content (AvgIpc) is 2.54. The normalized spacial score (nSPS) is 15.3. The van der Waals surface area contributed by atoms with Gasteiger partial charge < -0.3 is 9.64 Å². The Morgan fingerprint density at radius 1 is 1.22 bits per heavy atom. The number of methoxy groups -OCH3 is 1. The molecular weight excluding hydrogens is 336 g/mol. The molecule has 2 aromatic carbocycles. The van der Waals surface area contributed by atoms with E-state index in [4.69, 9.17) is 16.3 Å². The average molecular weight is 347 g/mol. The molecule has 5 nitrogen and oxygen atoms in total. The molecule has 1 aliphatic rings. The summed E-state index contributed by atoms with van der Waals surface area (Å²) >= 11 is 6.02. The van der Waals surface area contributed by atoms with Gasteiger partial charge in [-0.05, 0) is 30.3 Å². The van der Waals surface area contributed by atoms with Crippen LogP contribution in [0.2, 0.25) is 5.02 Å². The molecule has 1 heterocycles. The molecule has 0 radical (unpaired) electrons. The van der Waals surface area contributed by atoms with Gasteiger partial charge in [-0.2, -0.15) is 5.26 Å². The Kier molecular flexibility index (Phi) is 3.76. The minimum Gasteiger partial charge on any atom is -0.497 e. The highest BCUT2D eigenvalue weighted by atomic mass is 35.5. The summed E-state index contributed by atoms with van der Waals surface area (Å²) in [4.78, 5) is 1.34. The van der Waals surface area contributed by atoms with Crippen LogP contribution in [0.3, 0.4) is 0 Å². The number of anilines is 2. The number of benzene rings is 2. The highest BCUT2D eigenvalue weighted by molar-refractivity contribution is 7.95. The number of halogens is 1. The van der Waals surface area contributed by atoms with Crippen LogP contribution in [-0.2, 0) is 9.84 Å². The van der Waals surface area contributed by atoms with Crippen LogP contribution >= 0.6 is 11.6 Å². The van der Waals surface area contributed by atoms with Crippen molar-refractivity contribution >= 4 is 32.8 Å². The van der Waals surface area contributed by atoms with E-state index in [1.165, 1.54) is 18.3 Å². The second-order valence-corrected chi connectivity index (χ2v) is 7.12. The van der Waals surface area contributed by atoms with Crippen LogP contribution in [0.5, 0.6) is 5.75 Å². The Balaban J connectivity index is 2.28. The molecule has 23 heavy (non-hydrogen) atoms. The monoisotopic (exact) mass is 346 g/mol. The first-order valence-corrected chi connectivity index (χ1v) is 8.43. The molecule has 0 aromatic heterocycles. The van der Waals surface area contributed by atoms with Gasteiger partial charge in [0.2, 0.25) is 9.84 Å². The van der Waals surface area contributed by atoms with Crippen LogP contribution in [0.25, 0.3) is 0 Å². The van der Waals surface area contributed by atoms with E-state index in [0.717, 1.165) is 0 Å². The fraction of sp³-hybridized carbons (Fsp3) is 0.0625. The summed E-state index contributed by atoms with van der Waals surface area (Å²) in [5.41, 5.74) is 1.06. The zero-order valence-corrected chi connectivity index (χ0v) is 13.6. The summed E-state index contributed by atoms with van der Waals surface area (Å²) in [5, 5.41) is 9.60. The molecule has 7 heteroatoms. The van der Waals surface area contributed by atoms with Gasteiger partial charge >= 0.3 is 0 Å². The second-order valence-electron chi connectivity index (χ2n) is 4.79. The molecule has 0 fully saturated rings. The number of allylic oxidation sites excluding steroid dienone is 1. The van der Waals surface area contributed by atoms with Crippen molar-refractivity contribution in [3.63, 3.8) is 0 Å². The van der Waals surface area contributed by atoms with Crippen molar-refractivity contribution in [2.24, 2.45) is 0 Å². The SMILES string of the molecule is COc1cccc(N2C=C(C#N)S(=O)(=O)c3ccc(Cl)cc32)c1. The molecule has 0 bridgehead atoms. The predicted molar refractivity (Wildman–Crippen MR) is 87.5 cm³/mol. The fourth-order valence-corrected chi connectivity index (χ4v) is 3.79.